The van der Waals surface area contributed by atoms with Gasteiger partial charge in [-0.2, -0.15) is 5.10 Å². The molecule has 8 heteroatoms. The highest BCUT2D eigenvalue weighted by Crippen LogP contribution is 2.15. The zero-order valence-corrected chi connectivity index (χ0v) is 11.1. The number of aryl methyl sites for hydroxylation is 2. The molecule has 0 fully saturated rings. The van der Waals surface area contributed by atoms with Crippen LogP contribution in [0.3, 0.4) is 0 Å². The normalized spacial score (nSPS) is 10.4. The number of carbonyl (C=O) groups is 1. The van der Waals surface area contributed by atoms with E-state index in [9.17, 15) is 4.79 Å². The largest absolute Gasteiger partial charge is 0.305 e. The van der Waals surface area contributed by atoms with Crippen LogP contribution in [0.5, 0.6) is 0 Å². The number of aromatic nitrogens is 4. The smallest absolute Gasteiger partial charge is 0.277 e. The number of anilines is 1. The van der Waals surface area contributed by atoms with Crippen molar-refractivity contribution in [3.05, 3.63) is 34.0 Å². The molecular formula is C10H9Cl2N5O. The number of carbonyl (C=O) groups excluding carboxylic acids is 1. The molecule has 0 radical (unpaired) electrons. The third-order valence-corrected chi connectivity index (χ3v) is 2.62. The van der Waals surface area contributed by atoms with Crippen LogP contribution in [0.1, 0.15) is 16.2 Å². The van der Waals surface area contributed by atoms with Crippen LogP contribution < -0.4 is 5.32 Å². The predicted molar refractivity (Wildman–Crippen MR) is 68.0 cm³/mol. The molecule has 2 aromatic rings. The molecule has 2 aromatic heterocycles. The molecule has 0 spiro atoms. The molecule has 0 saturated carbocycles. The maximum atomic E-state index is 11.9. The summed E-state index contributed by atoms with van der Waals surface area (Å²) >= 11 is 11.3. The minimum atomic E-state index is -0.385. The van der Waals surface area contributed by atoms with Gasteiger partial charge in [0.15, 0.2) is 5.69 Å². The zero-order valence-electron chi connectivity index (χ0n) is 9.61. The first kappa shape index (κ1) is 12.8. The maximum absolute atomic E-state index is 11.9. The molecule has 0 aliphatic rings. The molecule has 0 atom stereocenters. The first-order valence-electron chi connectivity index (χ1n) is 4.98. The van der Waals surface area contributed by atoms with Gasteiger partial charge < -0.3 is 5.32 Å². The molecule has 0 aromatic carbocycles. The van der Waals surface area contributed by atoms with E-state index in [4.69, 9.17) is 23.2 Å². The summed E-state index contributed by atoms with van der Waals surface area (Å²) < 4.78 is 1.61. The summed E-state index contributed by atoms with van der Waals surface area (Å²) in [4.78, 5) is 19.4. The van der Waals surface area contributed by atoms with Crippen molar-refractivity contribution in [1.29, 1.82) is 0 Å². The highest BCUT2D eigenvalue weighted by Gasteiger charge is 2.12. The van der Waals surface area contributed by atoms with Gasteiger partial charge in [-0.25, -0.2) is 9.97 Å². The number of amides is 1. The monoisotopic (exact) mass is 285 g/mol. The Bertz CT molecular complexity index is 571. The second-order valence-electron chi connectivity index (χ2n) is 3.59. The van der Waals surface area contributed by atoms with Crippen molar-refractivity contribution in [2.24, 2.45) is 7.05 Å². The second-order valence-corrected chi connectivity index (χ2v) is 4.32. The molecule has 0 unspecified atom stereocenters. The number of rotatable bonds is 2. The Labute approximate surface area is 113 Å². The van der Waals surface area contributed by atoms with Crippen molar-refractivity contribution in [2.45, 2.75) is 6.92 Å². The van der Waals surface area contributed by atoms with Crippen molar-refractivity contribution in [1.82, 2.24) is 19.7 Å². The maximum Gasteiger partial charge on any atom is 0.277 e. The van der Waals surface area contributed by atoms with Crippen LogP contribution in [-0.2, 0) is 7.05 Å². The lowest BCUT2D eigenvalue weighted by Crippen LogP contribution is -2.14. The summed E-state index contributed by atoms with van der Waals surface area (Å²) in [5.74, 6) is -0.155. The van der Waals surface area contributed by atoms with Gasteiger partial charge in [0, 0.05) is 18.8 Å². The van der Waals surface area contributed by atoms with Crippen molar-refractivity contribution in [2.75, 3.05) is 5.32 Å². The lowest BCUT2D eigenvalue weighted by molar-refractivity contribution is 0.102. The standard InChI is InChI=1S/C10H9Cl2N5O/c1-5-3-6(16-17(5)2)9(18)14-8-4-7(11)13-10(12)15-8/h3-4H,1-2H3,(H,13,14,15,18). The second kappa shape index (κ2) is 4.91. The first-order valence-corrected chi connectivity index (χ1v) is 5.73. The van der Waals surface area contributed by atoms with E-state index in [1.54, 1.807) is 17.8 Å². The molecule has 2 heterocycles. The van der Waals surface area contributed by atoms with E-state index in [-0.39, 0.29) is 22.2 Å². The summed E-state index contributed by atoms with van der Waals surface area (Å²) in [5, 5.41) is 6.71. The van der Waals surface area contributed by atoms with Gasteiger partial charge in [-0.05, 0) is 24.6 Å². The van der Waals surface area contributed by atoms with Crippen LogP contribution in [0.4, 0.5) is 5.82 Å². The van der Waals surface area contributed by atoms with Gasteiger partial charge in [0.1, 0.15) is 11.0 Å². The van der Waals surface area contributed by atoms with Crippen molar-refractivity contribution < 1.29 is 4.79 Å². The third-order valence-electron chi connectivity index (χ3n) is 2.26. The summed E-state index contributed by atoms with van der Waals surface area (Å²) in [6.45, 7) is 1.85. The highest BCUT2D eigenvalue weighted by molar-refractivity contribution is 6.32. The molecule has 2 rings (SSSR count). The molecule has 6 nitrogen and oxygen atoms in total. The highest BCUT2D eigenvalue weighted by atomic mass is 35.5. The van der Waals surface area contributed by atoms with Crippen LogP contribution in [0.2, 0.25) is 10.4 Å². The van der Waals surface area contributed by atoms with Gasteiger partial charge in [-0.15, -0.1) is 0 Å². The van der Waals surface area contributed by atoms with Gasteiger partial charge in [0.25, 0.3) is 5.91 Å². The van der Waals surface area contributed by atoms with E-state index in [0.717, 1.165) is 5.69 Å². The Kier molecular flexibility index (Phi) is 3.49. The summed E-state index contributed by atoms with van der Waals surface area (Å²) in [6.07, 6.45) is 0. The SMILES string of the molecule is Cc1cc(C(=O)Nc2cc(Cl)nc(Cl)n2)nn1C. The van der Waals surface area contributed by atoms with Crippen molar-refractivity contribution >= 4 is 34.9 Å². The molecular weight excluding hydrogens is 277 g/mol. The minimum absolute atomic E-state index is 0.0324. The molecule has 1 N–H and O–H groups in total. The van der Waals surface area contributed by atoms with Gasteiger partial charge >= 0.3 is 0 Å². The summed E-state index contributed by atoms with van der Waals surface area (Å²) in [5.41, 5.74) is 1.17. The molecule has 18 heavy (non-hydrogen) atoms. The Morgan fingerprint density at radius 3 is 2.61 bits per heavy atom. The zero-order chi connectivity index (χ0) is 13.3. The van der Waals surface area contributed by atoms with Crippen molar-refractivity contribution in [3.8, 4) is 0 Å². The van der Waals surface area contributed by atoms with Gasteiger partial charge in [-0.1, -0.05) is 11.6 Å². The van der Waals surface area contributed by atoms with E-state index in [0.29, 0.717) is 5.69 Å². The number of hydrogen-bond donors (Lipinski definition) is 1. The number of nitrogens with zero attached hydrogens (tertiary/aromatic N) is 4. The molecule has 1 amide bonds. The van der Waals surface area contributed by atoms with Crippen LogP contribution in [-0.4, -0.2) is 25.7 Å². The van der Waals surface area contributed by atoms with Crippen LogP contribution in [0, 0.1) is 6.92 Å². The van der Waals surface area contributed by atoms with Crippen LogP contribution in [0.25, 0.3) is 0 Å². The van der Waals surface area contributed by atoms with Gasteiger partial charge in [0.2, 0.25) is 5.28 Å². The Morgan fingerprint density at radius 1 is 1.33 bits per heavy atom. The van der Waals surface area contributed by atoms with E-state index in [2.05, 4.69) is 20.4 Å². The van der Waals surface area contributed by atoms with Crippen molar-refractivity contribution in [3.63, 3.8) is 0 Å². The molecule has 0 aliphatic carbocycles. The number of nitrogens with one attached hydrogen (secondary N) is 1. The van der Waals surface area contributed by atoms with E-state index < -0.39 is 0 Å². The quantitative estimate of drug-likeness (QED) is 0.677. The fourth-order valence-corrected chi connectivity index (χ4v) is 1.71. The molecule has 0 bridgehead atoms. The Hall–Kier alpha value is -1.66. The Morgan fingerprint density at radius 2 is 2.06 bits per heavy atom. The van der Waals surface area contributed by atoms with Gasteiger partial charge in [0.05, 0.1) is 0 Å². The summed E-state index contributed by atoms with van der Waals surface area (Å²) in [7, 11) is 1.75. The number of halogens is 2. The fraction of sp³-hybridized carbons (Fsp3) is 0.200. The predicted octanol–water partition coefficient (Wildman–Crippen LogP) is 2.08. The van der Waals surface area contributed by atoms with Crippen LogP contribution in [0.15, 0.2) is 12.1 Å². The van der Waals surface area contributed by atoms with Gasteiger partial charge in [-0.3, -0.25) is 9.48 Å². The average molecular weight is 286 g/mol. The average Bonchev–Trinajstić information content (AvgIpc) is 2.57. The molecule has 0 aliphatic heterocycles. The first-order chi connectivity index (χ1) is 8.45. The minimum Gasteiger partial charge on any atom is -0.305 e. The van der Waals surface area contributed by atoms with E-state index >= 15 is 0 Å². The van der Waals surface area contributed by atoms with Crippen LogP contribution >= 0.6 is 23.2 Å². The molecule has 0 saturated heterocycles. The topological polar surface area (TPSA) is 72.7 Å². The summed E-state index contributed by atoms with van der Waals surface area (Å²) in [6, 6.07) is 3.07. The number of hydrogen-bond acceptors (Lipinski definition) is 4. The van der Waals surface area contributed by atoms with E-state index in [1.807, 2.05) is 6.92 Å². The Balaban J connectivity index is 2.21. The fourth-order valence-electron chi connectivity index (χ4n) is 1.31. The van der Waals surface area contributed by atoms with E-state index in [1.165, 1.54) is 6.07 Å². The third kappa shape index (κ3) is 2.77. The lowest BCUT2D eigenvalue weighted by Gasteiger charge is -2.02. The lowest BCUT2D eigenvalue weighted by atomic mass is 10.3. The molecule has 94 valence electrons.